The van der Waals surface area contributed by atoms with Gasteiger partial charge in [0.25, 0.3) is 0 Å². The van der Waals surface area contributed by atoms with Crippen LogP contribution in [0.25, 0.3) is 21.8 Å². The number of carbonyl (C=O) groups excluding carboxylic acids is 2. The Morgan fingerprint density at radius 1 is 1.00 bits per heavy atom. The summed E-state index contributed by atoms with van der Waals surface area (Å²) in [6.45, 7) is 1.79. The van der Waals surface area contributed by atoms with Crippen molar-refractivity contribution in [3.63, 3.8) is 0 Å². The van der Waals surface area contributed by atoms with E-state index in [0.717, 1.165) is 21.8 Å². The molecule has 0 aliphatic rings. The van der Waals surface area contributed by atoms with Crippen molar-refractivity contribution in [2.45, 2.75) is 6.92 Å². The zero-order valence-electron chi connectivity index (χ0n) is 12.5. The van der Waals surface area contributed by atoms with E-state index < -0.39 is 11.9 Å². The fraction of sp³-hybridized carbons (Fsp3) is 0.176. The van der Waals surface area contributed by atoms with Gasteiger partial charge in [0.1, 0.15) is 0 Å². The summed E-state index contributed by atoms with van der Waals surface area (Å²) in [6.07, 6.45) is 0. The van der Waals surface area contributed by atoms with Gasteiger partial charge in [-0.25, -0.2) is 9.59 Å². The fourth-order valence-electron chi connectivity index (χ4n) is 2.79. The number of hydrogen-bond donors (Lipinski definition) is 1. The minimum atomic E-state index is -0.560. The molecule has 0 fully saturated rings. The molecule has 0 atom stereocenters. The van der Waals surface area contributed by atoms with Gasteiger partial charge in [-0.15, -0.1) is 0 Å². The monoisotopic (exact) mass is 297 g/mol. The van der Waals surface area contributed by atoms with Crippen molar-refractivity contribution in [1.82, 2.24) is 4.98 Å². The Labute approximate surface area is 126 Å². The average molecular weight is 297 g/mol. The van der Waals surface area contributed by atoms with Crippen molar-refractivity contribution in [1.29, 1.82) is 0 Å². The number of nitrogens with one attached hydrogen (secondary N) is 1. The minimum Gasteiger partial charge on any atom is -0.465 e. The van der Waals surface area contributed by atoms with Crippen molar-refractivity contribution in [2.24, 2.45) is 0 Å². The second-order valence-electron chi connectivity index (χ2n) is 5.00. The third-order valence-corrected chi connectivity index (χ3v) is 3.85. The summed E-state index contributed by atoms with van der Waals surface area (Å²) in [5.41, 5.74) is 2.87. The molecule has 5 nitrogen and oxygen atoms in total. The Balaban J connectivity index is 2.46. The van der Waals surface area contributed by atoms with Gasteiger partial charge >= 0.3 is 11.9 Å². The van der Waals surface area contributed by atoms with Crippen molar-refractivity contribution in [3.8, 4) is 0 Å². The summed E-state index contributed by atoms with van der Waals surface area (Å²) >= 11 is 0. The van der Waals surface area contributed by atoms with E-state index >= 15 is 0 Å². The maximum absolute atomic E-state index is 12.1. The van der Waals surface area contributed by atoms with Crippen LogP contribution in [0.3, 0.4) is 0 Å². The molecular weight excluding hydrogens is 282 g/mol. The average Bonchev–Trinajstić information content (AvgIpc) is 2.92. The maximum atomic E-state index is 12.1. The molecule has 1 N–H and O–H groups in total. The Morgan fingerprint density at radius 2 is 1.68 bits per heavy atom. The van der Waals surface area contributed by atoms with Crippen molar-refractivity contribution >= 4 is 33.7 Å². The molecule has 0 saturated heterocycles. The Bertz CT molecular complexity index is 908. The second kappa shape index (κ2) is 5.18. The third kappa shape index (κ3) is 1.94. The maximum Gasteiger partial charge on any atom is 0.339 e. The molecule has 0 aliphatic carbocycles. The molecular formula is C17H15NO4. The van der Waals surface area contributed by atoms with Crippen LogP contribution in [-0.2, 0) is 9.47 Å². The number of hydrogen-bond acceptors (Lipinski definition) is 4. The summed E-state index contributed by atoms with van der Waals surface area (Å²) in [5, 5.41) is 1.86. The van der Waals surface area contributed by atoms with E-state index in [0.29, 0.717) is 5.56 Å². The lowest BCUT2D eigenvalue weighted by molar-refractivity contribution is 0.0555. The lowest BCUT2D eigenvalue weighted by atomic mass is 9.97. The van der Waals surface area contributed by atoms with Crippen LogP contribution < -0.4 is 0 Å². The van der Waals surface area contributed by atoms with E-state index in [1.807, 2.05) is 24.3 Å². The highest BCUT2D eigenvalue weighted by Gasteiger charge is 2.24. The number of carbonyl (C=O) groups is 2. The van der Waals surface area contributed by atoms with E-state index in [1.165, 1.54) is 14.2 Å². The summed E-state index contributed by atoms with van der Waals surface area (Å²) in [4.78, 5) is 27.4. The number of esters is 2. The van der Waals surface area contributed by atoms with Crippen LogP contribution in [0, 0.1) is 6.92 Å². The first-order valence-corrected chi connectivity index (χ1v) is 6.79. The van der Waals surface area contributed by atoms with Crippen LogP contribution in [0.2, 0.25) is 0 Å². The first-order valence-electron chi connectivity index (χ1n) is 6.79. The molecule has 1 aromatic heterocycles. The largest absolute Gasteiger partial charge is 0.465 e. The SMILES string of the molecule is COC(=O)c1cc2c([nH]c3ccccc32)c(C)c1C(=O)OC. The van der Waals surface area contributed by atoms with Crippen molar-refractivity contribution in [2.75, 3.05) is 14.2 Å². The molecule has 22 heavy (non-hydrogen) atoms. The van der Waals surface area contributed by atoms with E-state index in [1.54, 1.807) is 13.0 Å². The van der Waals surface area contributed by atoms with E-state index in [4.69, 9.17) is 9.47 Å². The molecule has 0 spiro atoms. The molecule has 0 amide bonds. The van der Waals surface area contributed by atoms with Gasteiger partial charge < -0.3 is 14.5 Å². The van der Waals surface area contributed by atoms with E-state index in [9.17, 15) is 9.59 Å². The number of benzene rings is 2. The van der Waals surface area contributed by atoms with Crippen LogP contribution in [0.5, 0.6) is 0 Å². The summed E-state index contributed by atoms with van der Waals surface area (Å²) in [7, 11) is 2.58. The quantitative estimate of drug-likeness (QED) is 0.737. The number of methoxy groups -OCH3 is 2. The number of ether oxygens (including phenoxy) is 2. The summed E-state index contributed by atoms with van der Waals surface area (Å²) in [5.74, 6) is -1.12. The predicted octanol–water partition coefficient (Wildman–Crippen LogP) is 3.20. The summed E-state index contributed by atoms with van der Waals surface area (Å²) < 4.78 is 9.62. The molecule has 0 unspecified atom stereocenters. The van der Waals surface area contributed by atoms with Crippen molar-refractivity contribution < 1.29 is 19.1 Å². The molecule has 3 aromatic rings. The van der Waals surface area contributed by atoms with Crippen LogP contribution >= 0.6 is 0 Å². The molecule has 0 saturated carbocycles. The molecule has 0 radical (unpaired) electrons. The topological polar surface area (TPSA) is 68.4 Å². The summed E-state index contributed by atoms with van der Waals surface area (Å²) in [6, 6.07) is 9.45. The Hall–Kier alpha value is -2.82. The second-order valence-corrected chi connectivity index (χ2v) is 5.00. The molecule has 112 valence electrons. The standard InChI is InChI=1S/C17H15NO4/c1-9-14(17(20)22-3)12(16(19)21-2)8-11-10-6-4-5-7-13(10)18-15(9)11/h4-8,18H,1-3H3. The number of rotatable bonds is 2. The van der Waals surface area contributed by atoms with Crippen LogP contribution in [-0.4, -0.2) is 31.1 Å². The molecule has 1 heterocycles. The molecule has 0 aliphatic heterocycles. The smallest absolute Gasteiger partial charge is 0.339 e. The van der Waals surface area contributed by atoms with Gasteiger partial charge in [-0.2, -0.15) is 0 Å². The van der Waals surface area contributed by atoms with E-state index in [2.05, 4.69) is 4.98 Å². The first-order chi connectivity index (χ1) is 10.6. The van der Waals surface area contributed by atoms with Gasteiger partial charge in [0.05, 0.1) is 30.9 Å². The van der Waals surface area contributed by atoms with Crippen LogP contribution in [0.1, 0.15) is 26.3 Å². The number of aromatic amines is 1. The van der Waals surface area contributed by atoms with Crippen LogP contribution in [0.15, 0.2) is 30.3 Å². The Morgan fingerprint density at radius 3 is 2.36 bits per heavy atom. The number of para-hydroxylation sites is 1. The zero-order chi connectivity index (χ0) is 15.9. The van der Waals surface area contributed by atoms with E-state index in [-0.39, 0.29) is 11.1 Å². The predicted molar refractivity (Wildman–Crippen MR) is 83.2 cm³/mol. The molecule has 0 bridgehead atoms. The number of aryl methyl sites for hydroxylation is 1. The highest BCUT2D eigenvalue weighted by Crippen LogP contribution is 2.32. The minimum absolute atomic E-state index is 0.212. The van der Waals surface area contributed by atoms with Gasteiger partial charge in [-0.1, -0.05) is 18.2 Å². The van der Waals surface area contributed by atoms with Gasteiger partial charge in [0.2, 0.25) is 0 Å². The lowest BCUT2D eigenvalue weighted by Gasteiger charge is -2.10. The first kappa shape index (κ1) is 14.1. The lowest BCUT2D eigenvalue weighted by Crippen LogP contribution is -2.13. The molecule has 3 rings (SSSR count). The molecule has 5 heteroatoms. The zero-order valence-corrected chi connectivity index (χ0v) is 12.5. The number of fused-ring (bicyclic) bond motifs is 3. The van der Waals surface area contributed by atoms with Gasteiger partial charge in [-0.3, -0.25) is 0 Å². The number of H-pyrrole nitrogens is 1. The normalized spacial score (nSPS) is 10.9. The highest BCUT2D eigenvalue weighted by atomic mass is 16.5. The van der Waals surface area contributed by atoms with Crippen molar-refractivity contribution in [3.05, 3.63) is 47.0 Å². The fourth-order valence-corrected chi connectivity index (χ4v) is 2.79. The van der Waals surface area contributed by atoms with Crippen LogP contribution in [0.4, 0.5) is 0 Å². The van der Waals surface area contributed by atoms with Gasteiger partial charge in [0, 0.05) is 16.3 Å². The third-order valence-electron chi connectivity index (χ3n) is 3.85. The van der Waals surface area contributed by atoms with Gasteiger partial charge in [-0.05, 0) is 24.6 Å². The number of aromatic nitrogens is 1. The highest BCUT2D eigenvalue weighted by molar-refractivity contribution is 6.15. The van der Waals surface area contributed by atoms with Gasteiger partial charge in [0.15, 0.2) is 0 Å². The molecule has 2 aromatic carbocycles. The Kier molecular flexibility index (Phi) is 3.33.